The Labute approximate surface area is 170 Å². The molecule has 2 unspecified atom stereocenters. The smallest absolute Gasteiger partial charge is 0.313 e. The number of benzene rings is 2. The number of hydrogen-bond acceptors (Lipinski definition) is 3. The van der Waals surface area contributed by atoms with Gasteiger partial charge in [0.1, 0.15) is 0 Å². The number of rotatable bonds is 4. The summed E-state index contributed by atoms with van der Waals surface area (Å²) in [7, 11) is 0. The lowest BCUT2D eigenvalue weighted by molar-refractivity contribution is -0.136. The summed E-state index contributed by atoms with van der Waals surface area (Å²) in [5.74, 6) is -0.994. The molecule has 1 saturated carbocycles. The molecule has 2 N–H and O–H groups in total. The van der Waals surface area contributed by atoms with Gasteiger partial charge in [-0.15, -0.1) is 0 Å². The Kier molecular flexibility index (Phi) is 5.60. The van der Waals surface area contributed by atoms with E-state index in [1.54, 1.807) is 23.1 Å². The number of nitrogens with zero attached hydrogens (tertiary/aromatic N) is 1. The molecule has 0 aromatic heterocycles. The van der Waals surface area contributed by atoms with E-state index in [2.05, 4.69) is 22.8 Å². The minimum atomic E-state index is -0.686. The van der Waals surface area contributed by atoms with Crippen LogP contribution in [0, 0.1) is 0 Å². The SMILES string of the molecule is O=C(Nc1cccc(N2CCCC2=O)c1)C(=O)NC1CCCC1c1ccccc1. The van der Waals surface area contributed by atoms with Gasteiger partial charge in [-0.25, -0.2) is 0 Å². The number of carbonyl (C=O) groups excluding carboxylic acids is 3. The average Bonchev–Trinajstić information content (AvgIpc) is 3.37. The van der Waals surface area contributed by atoms with Gasteiger partial charge in [0.2, 0.25) is 5.91 Å². The lowest BCUT2D eigenvalue weighted by Gasteiger charge is -2.21. The number of nitrogens with one attached hydrogen (secondary N) is 2. The molecule has 2 atom stereocenters. The Morgan fingerprint density at radius 2 is 1.76 bits per heavy atom. The third kappa shape index (κ3) is 4.31. The maximum Gasteiger partial charge on any atom is 0.313 e. The zero-order valence-corrected chi connectivity index (χ0v) is 16.3. The first kappa shape index (κ1) is 19.2. The van der Waals surface area contributed by atoms with Crippen molar-refractivity contribution in [3.05, 3.63) is 60.2 Å². The van der Waals surface area contributed by atoms with Gasteiger partial charge >= 0.3 is 11.8 Å². The first-order valence-electron chi connectivity index (χ1n) is 10.2. The van der Waals surface area contributed by atoms with Crippen LogP contribution in [0.25, 0.3) is 0 Å². The van der Waals surface area contributed by atoms with Crippen LogP contribution in [0.1, 0.15) is 43.6 Å². The van der Waals surface area contributed by atoms with E-state index < -0.39 is 11.8 Å². The van der Waals surface area contributed by atoms with Crippen molar-refractivity contribution in [3.63, 3.8) is 0 Å². The highest BCUT2D eigenvalue weighted by Gasteiger charge is 2.31. The molecule has 1 aliphatic heterocycles. The fraction of sp³-hybridized carbons (Fsp3) is 0.348. The summed E-state index contributed by atoms with van der Waals surface area (Å²) in [6, 6.07) is 17.1. The standard InChI is InChI=1S/C23H25N3O3/c27-21-13-6-14-26(21)18-10-4-9-17(15-18)24-22(28)23(29)25-20-12-5-11-19(20)16-7-2-1-3-8-16/h1-4,7-10,15,19-20H,5-6,11-14H2,(H,24,28)(H,25,29). The summed E-state index contributed by atoms with van der Waals surface area (Å²) in [6.07, 6.45) is 4.27. The zero-order valence-electron chi connectivity index (χ0n) is 16.3. The van der Waals surface area contributed by atoms with E-state index in [9.17, 15) is 14.4 Å². The molecule has 2 fully saturated rings. The molecule has 3 amide bonds. The van der Waals surface area contributed by atoms with Crippen LogP contribution in [-0.2, 0) is 14.4 Å². The van der Waals surface area contributed by atoms with Crippen molar-refractivity contribution in [1.29, 1.82) is 0 Å². The summed E-state index contributed by atoms with van der Waals surface area (Å²) in [6.45, 7) is 0.680. The lowest BCUT2D eigenvalue weighted by atomic mass is 9.94. The van der Waals surface area contributed by atoms with Crippen LogP contribution in [0.3, 0.4) is 0 Å². The number of anilines is 2. The Hall–Kier alpha value is -3.15. The van der Waals surface area contributed by atoms with Gasteiger partial charge in [-0.2, -0.15) is 0 Å². The highest BCUT2D eigenvalue weighted by atomic mass is 16.2. The number of carbonyl (C=O) groups is 3. The second-order valence-electron chi connectivity index (χ2n) is 7.68. The summed E-state index contributed by atoms with van der Waals surface area (Å²) < 4.78 is 0. The van der Waals surface area contributed by atoms with Crippen molar-refractivity contribution in [1.82, 2.24) is 5.32 Å². The van der Waals surface area contributed by atoms with Crippen LogP contribution >= 0.6 is 0 Å². The van der Waals surface area contributed by atoms with Crippen molar-refractivity contribution in [2.24, 2.45) is 0 Å². The summed E-state index contributed by atoms with van der Waals surface area (Å²) in [5, 5.41) is 5.57. The van der Waals surface area contributed by atoms with Gasteiger partial charge in [0.05, 0.1) is 0 Å². The number of amides is 3. The van der Waals surface area contributed by atoms with E-state index in [0.29, 0.717) is 18.7 Å². The molecular weight excluding hydrogens is 366 g/mol. The molecule has 4 rings (SSSR count). The van der Waals surface area contributed by atoms with Crippen molar-refractivity contribution in [2.75, 3.05) is 16.8 Å². The Bertz CT molecular complexity index is 913. The predicted molar refractivity (Wildman–Crippen MR) is 112 cm³/mol. The fourth-order valence-electron chi connectivity index (χ4n) is 4.33. The first-order valence-corrected chi connectivity index (χ1v) is 10.2. The molecule has 0 spiro atoms. The van der Waals surface area contributed by atoms with Crippen LogP contribution in [0.4, 0.5) is 11.4 Å². The summed E-state index contributed by atoms with van der Waals surface area (Å²) in [4.78, 5) is 38.6. The molecule has 6 heteroatoms. The van der Waals surface area contributed by atoms with E-state index >= 15 is 0 Å². The Balaban J connectivity index is 1.39. The minimum absolute atomic E-state index is 0.0378. The van der Waals surface area contributed by atoms with Crippen LogP contribution in [0.2, 0.25) is 0 Å². The van der Waals surface area contributed by atoms with Gasteiger partial charge in [-0.3, -0.25) is 14.4 Å². The van der Waals surface area contributed by atoms with Crippen molar-refractivity contribution >= 4 is 29.1 Å². The van der Waals surface area contributed by atoms with E-state index in [1.165, 1.54) is 5.56 Å². The molecule has 1 heterocycles. The largest absolute Gasteiger partial charge is 0.344 e. The third-order valence-electron chi connectivity index (χ3n) is 5.76. The lowest BCUT2D eigenvalue weighted by Crippen LogP contribution is -2.42. The summed E-state index contributed by atoms with van der Waals surface area (Å²) >= 11 is 0. The van der Waals surface area contributed by atoms with Crippen LogP contribution < -0.4 is 15.5 Å². The van der Waals surface area contributed by atoms with E-state index in [4.69, 9.17) is 0 Å². The molecule has 2 aliphatic rings. The van der Waals surface area contributed by atoms with Crippen LogP contribution in [-0.4, -0.2) is 30.3 Å². The minimum Gasteiger partial charge on any atom is -0.344 e. The van der Waals surface area contributed by atoms with E-state index in [0.717, 1.165) is 31.4 Å². The molecule has 6 nitrogen and oxygen atoms in total. The molecule has 2 aromatic carbocycles. The molecule has 2 aromatic rings. The van der Waals surface area contributed by atoms with Crippen molar-refractivity contribution < 1.29 is 14.4 Å². The summed E-state index contributed by atoms with van der Waals surface area (Å²) in [5.41, 5.74) is 2.44. The van der Waals surface area contributed by atoms with Crippen molar-refractivity contribution in [3.8, 4) is 0 Å². The molecule has 150 valence electrons. The van der Waals surface area contributed by atoms with Gasteiger partial charge < -0.3 is 15.5 Å². The quantitative estimate of drug-likeness (QED) is 0.786. The van der Waals surface area contributed by atoms with Crippen LogP contribution in [0.15, 0.2) is 54.6 Å². The normalized spacial score (nSPS) is 21.2. The third-order valence-corrected chi connectivity index (χ3v) is 5.76. The Morgan fingerprint density at radius 1 is 0.931 bits per heavy atom. The Morgan fingerprint density at radius 3 is 2.52 bits per heavy atom. The van der Waals surface area contributed by atoms with E-state index in [-0.39, 0.29) is 17.9 Å². The van der Waals surface area contributed by atoms with Gasteiger partial charge in [0.25, 0.3) is 0 Å². The number of hydrogen-bond donors (Lipinski definition) is 2. The highest BCUT2D eigenvalue weighted by molar-refractivity contribution is 6.39. The van der Waals surface area contributed by atoms with Crippen LogP contribution in [0.5, 0.6) is 0 Å². The maximum atomic E-state index is 12.5. The van der Waals surface area contributed by atoms with Gasteiger partial charge in [0.15, 0.2) is 0 Å². The van der Waals surface area contributed by atoms with Crippen molar-refractivity contribution in [2.45, 2.75) is 44.1 Å². The second-order valence-corrected chi connectivity index (χ2v) is 7.68. The molecule has 29 heavy (non-hydrogen) atoms. The predicted octanol–water partition coefficient (Wildman–Crippen LogP) is 3.20. The molecule has 0 bridgehead atoms. The fourth-order valence-corrected chi connectivity index (χ4v) is 4.33. The zero-order chi connectivity index (χ0) is 20.2. The molecule has 1 saturated heterocycles. The monoisotopic (exact) mass is 391 g/mol. The average molecular weight is 391 g/mol. The van der Waals surface area contributed by atoms with Gasteiger partial charge in [-0.1, -0.05) is 42.8 Å². The molecular formula is C23H25N3O3. The highest BCUT2D eigenvalue weighted by Crippen LogP contribution is 2.34. The first-order chi connectivity index (χ1) is 14.1. The topological polar surface area (TPSA) is 78.5 Å². The van der Waals surface area contributed by atoms with Gasteiger partial charge in [-0.05, 0) is 43.0 Å². The van der Waals surface area contributed by atoms with Gasteiger partial charge in [0, 0.05) is 36.3 Å². The molecule has 0 radical (unpaired) electrons. The van der Waals surface area contributed by atoms with E-state index in [1.807, 2.05) is 24.3 Å². The second kappa shape index (κ2) is 8.47. The molecule has 1 aliphatic carbocycles. The maximum absolute atomic E-state index is 12.5.